The minimum Gasteiger partial charge on any atom is -0.344 e. The number of anilines is 1. The van der Waals surface area contributed by atoms with E-state index in [1.807, 2.05) is 22.7 Å². The molecule has 204 valence electrons. The highest BCUT2D eigenvalue weighted by atomic mass is 32.2. The first-order valence-corrected chi connectivity index (χ1v) is 14.6. The lowest BCUT2D eigenvalue weighted by Crippen LogP contribution is -2.42. The van der Waals surface area contributed by atoms with Crippen LogP contribution in [0.4, 0.5) is 14.5 Å². The molecular formula is C26H25F2N5O4S2. The normalized spacial score (nSPS) is 16.1. The van der Waals surface area contributed by atoms with E-state index >= 15 is 0 Å². The fourth-order valence-corrected chi connectivity index (χ4v) is 6.79. The number of benzene rings is 2. The summed E-state index contributed by atoms with van der Waals surface area (Å²) in [6.07, 6.45) is 3.12. The lowest BCUT2D eigenvalue weighted by molar-refractivity contribution is -0.125. The second-order valence-corrected chi connectivity index (χ2v) is 12.4. The summed E-state index contributed by atoms with van der Waals surface area (Å²) in [7, 11) is -3.58. The van der Waals surface area contributed by atoms with Crippen LogP contribution in [0.1, 0.15) is 29.5 Å². The lowest BCUT2D eigenvalue weighted by atomic mass is 10.0. The molecule has 0 bridgehead atoms. The van der Waals surface area contributed by atoms with Gasteiger partial charge in [-0.3, -0.25) is 14.0 Å². The average molecular weight is 574 g/mol. The number of nitrogens with zero attached hydrogens (tertiary/aromatic N) is 2. The maximum absolute atomic E-state index is 13.3. The Bertz CT molecular complexity index is 1660. The summed E-state index contributed by atoms with van der Waals surface area (Å²) in [5.41, 5.74) is 3.31. The molecule has 4 N–H and O–H groups in total. The summed E-state index contributed by atoms with van der Waals surface area (Å²) in [5.74, 6) is -2.55. The van der Waals surface area contributed by atoms with Crippen LogP contribution >= 0.6 is 11.3 Å². The van der Waals surface area contributed by atoms with Gasteiger partial charge in [0, 0.05) is 40.5 Å². The van der Waals surface area contributed by atoms with Crippen LogP contribution in [0.25, 0.3) is 16.2 Å². The van der Waals surface area contributed by atoms with Gasteiger partial charge in [0.2, 0.25) is 21.8 Å². The SMILES string of the molecule is C[C@H](NC(=O)Cc1cc(F)cc(F)c1)C(=O)Nc1ccc(-c2cn3c4c(sc3n2)CC(S(N)(=O)=O)CC4)cc1. The van der Waals surface area contributed by atoms with E-state index in [-0.39, 0.29) is 12.0 Å². The van der Waals surface area contributed by atoms with E-state index in [9.17, 15) is 26.8 Å². The van der Waals surface area contributed by atoms with Crippen molar-refractivity contribution < 1.29 is 26.8 Å². The number of halogens is 2. The third-order valence-electron chi connectivity index (χ3n) is 6.59. The van der Waals surface area contributed by atoms with Crippen molar-refractivity contribution in [1.82, 2.24) is 14.7 Å². The zero-order valence-corrected chi connectivity index (χ0v) is 22.4. The highest BCUT2D eigenvalue weighted by Gasteiger charge is 2.30. The molecular weight excluding hydrogens is 548 g/mol. The highest BCUT2D eigenvalue weighted by Crippen LogP contribution is 2.34. The van der Waals surface area contributed by atoms with Crippen LogP contribution in [0.15, 0.2) is 48.7 Å². The van der Waals surface area contributed by atoms with Crippen LogP contribution in [-0.4, -0.2) is 40.9 Å². The Kier molecular flexibility index (Phi) is 7.23. The summed E-state index contributed by atoms with van der Waals surface area (Å²) in [6, 6.07) is 9.04. The van der Waals surface area contributed by atoms with E-state index in [4.69, 9.17) is 10.1 Å². The fraction of sp³-hybridized carbons (Fsp3) is 0.269. The van der Waals surface area contributed by atoms with E-state index in [1.165, 1.54) is 18.3 Å². The van der Waals surface area contributed by atoms with Gasteiger partial charge in [0.15, 0.2) is 4.96 Å². The second-order valence-electron chi connectivity index (χ2n) is 9.51. The number of nitrogens with one attached hydrogen (secondary N) is 2. The van der Waals surface area contributed by atoms with Crippen molar-refractivity contribution in [2.75, 3.05) is 5.32 Å². The minimum atomic E-state index is -3.58. The number of carbonyl (C=O) groups is 2. The van der Waals surface area contributed by atoms with Crippen molar-refractivity contribution in [1.29, 1.82) is 0 Å². The van der Waals surface area contributed by atoms with Crippen LogP contribution < -0.4 is 15.8 Å². The van der Waals surface area contributed by atoms with Crippen molar-refractivity contribution in [3.8, 4) is 11.3 Å². The second kappa shape index (κ2) is 10.5. The number of hydrogen-bond acceptors (Lipinski definition) is 6. The maximum atomic E-state index is 13.3. The zero-order valence-electron chi connectivity index (χ0n) is 20.8. The Morgan fingerprint density at radius 1 is 1.18 bits per heavy atom. The molecule has 2 amide bonds. The molecule has 1 aliphatic rings. The molecule has 1 aliphatic carbocycles. The van der Waals surface area contributed by atoms with Gasteiger partial charge in [0.25, 0.3) is 0 Å². The van der Waals surface area contributed by atoms with Gasteiger partial charge in [-0.1, -0.05) is 12.1 Å². The Labute approximate surface area is 227 Å². The number of aryl methyl sites for hydroxylation is 1. The first-order chi connectivity index (χ1) is 18.5. The summed E-state index contributed by atoms with van der Waals surface area (Å²) >= 11 is 1.46. The molecule has 0 saturated carbocycles. The molecule has 0 saturated heterocycles. The maximum Gasteiger partial charge on any atom is 0.246 e. The molecule has 1 unspecified atom stereocenters. The van der Waals surface area contributed by atoms with Gasteiger partial charge in [0.05, 0.1) is 17.4 Å². The highest BCUT2D eigenvalue weighted by molar-refractivity contribution is 7.89. The predicted molar refractivity (Wildman–Crippen MR) is 144 cm³/mol. The largest absolute Gasteiger partial charge is 0.344 e. The first kappa shape index (κ1) is 26.9. The number of aromatic nitrogens is 2. The Morgan fingerprint density at radius 2 is 1.87 bits per heavy atom. The van der Waals surface area contributed by atoms with Crippen LogP contribution in [0.2, 0.25) is 0 Å². The van der Waals surface area contributed by atoms with Gasteiger partial charge >= 0.3 is 0 Å². The number of rotatable bonds is 7. The molecule has 2 aromatic carbocycles. The van der Waals surface area contributed by atoms with Gasteiger partial charge in [-0.05, 0) is 49.6 Å². The summed E-state index contributed by atoms with van der Waals surface area (Å²) in [5, 5.41) is 10.0. The van der Waals surface area contributed by atoms with Crippen molar-refractivity contribution in [2.45, 2.75) is 43.9 Å². The molecule has 5 rings (SSSR count). The van der Waals surface area contributed by atoms with Gasteiger partial charge < -0.3 is 10.6 Å². The Balaban J connectivity index is 1.20. The van der Waals surface area contributed by atoms with E-state index in [0.717, 1.165) is 45.0 Å². The molecule has 2 atom stereocenters. The number of fused-ring (bicyclic) bond motifs is 3. The number of amides is 2. The molecule has 39 heavy (non-hydrogen) atoms. The molecule has 13 heteroatoms. The van der Waals surface area contributed by atoms with Gasteiger partial charge in [0.1, 0.15) is 17.7 Å². The standard InChI is InChI=1S/C26H25F2N5O4S2/c1-14(30-24(34)10-15-8-17(27)11-18(28)9-15)25(35)31-19-4-2-16(3-5-19)21-13-33-22-7-6-20(39(29,36)37)12-23(22)38-26(33)32-21/h2-5,8-9,11,13-14,20H,6-7,10,12H2,1H3,(H,30,34)(H,31,35)(H2,29,36,37)/t14-,20?/m0/s1. The number of sulfonamides is 1. The molecule has 0 spiro atoms. The van der Waals surface area contributed by atoms with Crippen LogP contribution in [-0.2, 0) is 38.9 Å². The molecule has 0 aliphatic heterocycles. The van der Waals surface area contributed by atoms with Crippen LogP contribution in [0, 0.1) is 11.6 Å². The number of hydrogen-bond donors (Lipinski definition) is 3. The molecule has 4 aromatic rings. The minimum absolute atomic E-state index is 0.167. The topological polar surface area (TPSA) is 136 Å². The molecule has 2 heterocycles. The first-order valence-electron chi connectivity index (χ1n) is 12.1. The summed E-state index contributed by atoms with van der Waals surface area (Å²) in [4.78, 5) is 31.2. The number of thiazole rings is 1. The number of nitrogens with two attached hydrogens (primary N) is 1. The number of primary sulfonamides is 1. The molecule has 2 aromatic heterocycles. The van der Waals surface area contributed by atoms with E-state index < -0.39 is 44.8 Å². The van der Waals surface area contributed by atoms with Crippen LogP contribution in [0.3, 0.4) is 0 Å². The molecule has 0 fully saturated rings. The van der Waals surface area contributed by atoms with Crippen molar-refractivity contribution in [3.05, 3.63) is 76.4 Å². The van der Waals surface area contributed by atoms with E-state index in [0.29, 0.717) is 24.9 Å². The smallest absolute Gasteiger partial charge is 0.246 e. The third kappa shape index (κ3) is 6.00. The van der Waals surface area contributed by atoms with E-state index in [2.05, 4.69) is 10.6 Å². The number of carbonyl (C=O) groups excluding carboxylic acids is 2. The average Bonchev–Trinajstić information content (AvgIpc) is 3.41. The van der Waals surface area contributed by atoms with Crippen molar-refractivity contribution >= 4 is 43.8 Å². The summed E-state index contributed by atoms with van der Waals surface area (Å²) < 4.78 is 52.2. The van der Waals surface area contributed by atoms with Gasteiger partial charge in [-0.2, -0.15) is 0 Å². The Morgan fingerprint density at radius 3 is 2.54 bits per heavy atom. The third-order valence-corrected chi connectivity index (χ3v) is 9.04. The zero-order chi connectivity index (χ0) is 27.9. The fourth-order valence-electron chi connectivity index (χ4n) is 4.61. The lowest BCUT2D eigenvalue weighted by Gasteiger charge is -2.19. The molecule has 9 nitrogen and oxygen atoms in total. The van der Waals surface area contributed by atoms with E-state index in [1.54, 1.807) is 12.1 Å². The predicted octanol–water partition coefficient (Wildman–Crippen LogP) is 3.17. The number of imidazole rings is 1. The quantitative estimate of drug-likeness (QED) is 0.312. The van der Waals surface area contributed by atoms with Crippen molar-refractivity contribution in [3.63, 3.8) is 0 Å². The van der Waals surface area contributed by atoms with Crippen LogP contribution in [0.5, 0.6) is 0 Å². The monoisotopic (exact) mass is 573 g/mol. The molecule has 0 radical (unpaired) electrons. The Hall–Kier alpha value is -3.68. The van der Waals surface area contributed by atoms with Gasteiger partial charge in [-0.15, -0.1) is 11.3 Å². The summed E-state index contributed by atoms with van der Waals surface area (Å²) in [6.45, 7) is 1.51. The van der Waals surface area contributed by atoms with Gasteiger partial charge in [-0.25, -0.2) is 27.3 Å². The van der Waals surface area contributed by atoms with Crippen molar-refractivity contribution in [2.24, 2.45) is 5.14 Å².